The van der Waals surface area contributed by atoms with Gasteiger partial charge in [-0.3, -0.25) is 14.5 Å². The number of nitrogens with one attached hydrogen (secondary N) is 1. The van der Waals surface area contributed by atoms with E-state index in [1.165, 1.54) is 19.1 Å². The Kier molecular flexibility index (Phi) is 9.25. The molecule has 2 aromatic rings. The number of nitrogens with zero attached hydrogens (tertiary/aromatic N) is 2. The summed E-state index contributed by atoms with van der Waals surface area (Å²) in [7, 11) is 0. The molecule has 1 N–H and O–H groups in total. The highest BCUT2D eigenvalue weighted by Gasteiger charge is 2.45. The molecule has 4 rings (SSSR count). The molecule has 0 radical (unpaired) electrons. The molecular formula is C32H42ClF2N3O2. The lowest BCUT2D eigenvalue weighted by Gasteiger charge is -2.36. The van der Waals surface area contributed by atoms with Crippen LogP contribution in [0, 0.1) is 24.5 Å². The van der Waals surface area contributed by atoms with Crippen molar-refractivity contribution in [2.75, 3.05) is 26.2 Å². The average Bonchev–Trinajstić information content (AvgIpc) is 3.34. The molecule has 2 unspecified atom stereocenters. The van der Waals surface area contributed by atoms with Crippen molar-refractivity contribution in [3.63, 3.8) is 0 Å². The molecule has 2 aliphatic rings. The number of likely N-dealkylation sites (tertiary alicyclic amines) is 2. The Morgan fingerprint density at radius 3 is 2.33 bits per heavy atom. The molecule has 2 aliphatic heterocycles. The summed E-state index contributed by atoms with van der Waals surface area (Å²) in [4.78, 5) is 30.0. The van der Waals surface area contributed by atoms with Crippen LogP contribution in [0.15, 0.2) is 30.3 Å². The zero-order valence-corrected chi connectivity index (χ0v) is 25.2. The first-order valence-electron chi connectivity index (χ1n) is 14.4. The van der Waals surface area contributed by atoms with Gasteiger partial charge in [0.2, 0.25) is 11.8 Å². The second-order valence-electron chi connectivity index (χ2n) is 12.4. The maximum atomic E-state index is 14.9. The second-order valence-corrected chi connectivity index (χ2v) is 12.9. The highest BCUT2D eigenvalue weighted by molar-refractivity contribution is 6.31. The zero-order chi connectivity index (χ0) is 29.4. The van der Waals surface area contributed by atoms with Gasteiger partial charge in [0.15, 0.2) is 0 Å². The molecule has 0 aliphatic carbocycles. The van der Waals surface area contributed by atoms with Gasteiger partial charge < -0.3 is 10.2 Å². The molecule has 5 nitrogen and oxygen atoms in total. The lowest BCUT2D eigenvalue weighted by Crippen LogP contribution is -2.44. The molecule has 2 heterocycles. The van der Waals surface area contributed by atoms with Crippen molar-refractivity contribution < 1.29 is 18.4 Å². The molecular weight excluding hydrogens is 532 g/mol. The van der Waals surface area contributed by atoms with Crippen molar-refractivity contribution in [3.05, 3.63) is 69.2 Å². The third-order valence-corrected chi connectivity index (χ3v) is 9.13. The summed E-state index contributed by atoms with van der Waals surface area (Å²) >= 11 is 6.56. The first kappa shape index (κ1) is 30.4. The second kappa shape index (κ2) is 12.2. The molecule has 0 bridgehead atoms. The van der Waals surface area contributed by atoms with Crippen molar-refractivity contribution in [2.45, 2.75) is 84.2 Å². The topological polar surface area (TPSA) is 52.7 Å². The molecule has 8 heteroatoms. The van der Waals surface area contributed by atoms with Crippen molar-refractivity contribution in [1.82, 2.24) is 15.1 Å². The highest BCUT2D eigenvalue weighted by atomic mass is 35.5. The minimum atomic E-state index is -0.615. The monoisotopic (exact) mass is 573 g/mol. The number of carbonyl (C=O) groups is 2. The molecule has 218 valence electrons. The van der Waals surface area contributed by atoms with Gasteiger partial charge in [-0.2, -0.15) is 0 Å². The maximum Gasteiger partial charge on any atom is 0.227 e. The Balaban J connectivity index is 1.55. The van der Waals surface area contributed by atoms with Crippen LogP contribution < -0.4 is 5.32 Å². The standard InChI is InChI=1S/C32H42ClF2N3O2/c1-7-30(36-20(3)39)25-14-19(2)28(33)16-24(25)21-10-12-37(13-11-21)31(40)27-18-38(32(4,5)6)17-26(27)23-9-8-22(34)15-29(23)35/h8-9,14-16,21,26-27,30H,7,10-13,17-18H2,1-6H3,(H,36,39)/t26?,27-,30?/m1/s1. The predicted octanol–water partition coefficient (Wildman–Crippen LogP) is 6.73. The molecule has 3 atom stereocenters. The van der Waals surface area contributed by atoms with Crippen molar-refractivity contribution >= 4 is 23.4 Å². The number of rotatable bonds is 6. The van der Waals surface area contributed by atoms with E-state index < -0.39 is 17.6 Å². The van der Waals surface area contributed by atoms with E-state index in [4.69, 9.17) is 11.6 Å². The lowest BCUT2D eigenvalue weighted by molar-refractivity contribution is -0.136. The molecule has 40 heavy (non-hydrogen) atoms. The molecule has 2 saturated heterocycles. The van der Waals surface area contributed by atoms with E-state index in [0.717, 1.165) is 42.0 Å². The van der Waals surface area contributed by atoms with Gasteiger partial charge in [-0.05, 0) is 87.3 Å². The summed E-state index contributed by atoms with van der Waals surface area (Å²) in [5.74, 6) is -1.77. The largest absolute Gasteiger partial charge is 0.350 e. The molecule has 2 aromatic carbocycles. The summed E-state index contributed by atoms with van der Waals surface area (Å²) in [6.07, 6.45) is 2.32. The quantitative estimate of drug-likeness (QED) is 0.417. The van der Waals surface area contributed by atoms with E-state index >= 15 is 0 Å². The van der Waals surface area contributed by atoms with Crippen LogP contribution in [0.25, 0.3) is 0 Å². The summed E-state index contributed by atoms with van der Waals surface area (Å²) in [6, 6.07) is 7.70. The number of halogens is 3. The fourth-order valence-corrected chi connectivity index (χ4v) is 6.56. The van der Waals surface area contributed by atoms with Gasteiger partial charge in [0.05, 0.1) is 12.0 Å². The highest BCUT2D eigenvalue weighted by Crippen LogP contribution is 2.41. The third kappa shape index (κ3) is 6.52. The van der Waals surface area contributed by atoms with Gasteiger partial charge in [-0.25, -0.2) is 8.78 Å². The van der Waals surface area contributed by atoms with Gasteiger partial charge in [0.1, 0.15) is 11.6 Å². The molecule has 2 fully saturated rings. The van der Waals surface area contributed by atoms with Crippen LogP contribution in [0.1, 0.15) is 94.0 Å². The van der Waals surface area contributed by atoms with Gasteiger partial charge >= 0.3 is 0 Å². The maximum absolute atomic E-state index is 14.9. The summed E-state index contributed by atoms with van der Waals surface area (Å²) < 4.78 is 28.6. The van der Waals surface area contributed by atoms with E-state index in [-0.39, 0.29) is 35.2 Å². The van der Waals surface area contributed by atoms with Gasteiger partial charge in [-0.1, -0.05) is 30.7 Å². The van der Waals surface area contributed by atoms with Crippen LogP contribution in [0.3, 0.4) is 0 Å². The minimum Gasteiger partial charge on any atom is -0.350 e. The van der Waals surface area contributed by atoms with Crippen molar-refractivity contribution in [2.24, 2.45) is 5.92 Å². The minimum absolute atomic E-state index is 0.0331. The first-order chi connectivity index (χ1) is 18.8. The fraction of sp³-hybridized carbons (Fsp3) is 0.562. The number of aryl methyl sites for hydroxylation is 1. The van der Waals surface area contributed by atoms with Crippen LogP contribution in [0.2, 0.25) is 5.02 Å². The smallest absolute Gasteiger partial charge is 0.227 e. The Morgan fingerprint density at radius 2 is 1.75 bits per heavy atom. The van der Waals surface area contributed by atoms with E-state index in [2.05, 4.69) is 44.0 Å². The molecule has 0 saturated carbocycles. The SMILES string of the molecule is CCC(NC(C)=O)c1cc(C)c(Cl)cc1C1CCN(C(=O)[C@@H]2CN(C(C)(C)C)CC2c2ccc(F)cc2F)CC1. The lowest BCUT2D eigenvalue weighted by atomic mass is 9.82. The Morgan fingerprint density at radius 1 is 1.07 bits per heavy atom. The summed E-state index contributed by atoms with van der Waals surface area (Å²) in [6.45, 7) is 14.1. The number of carbonyl (C=O) groups excluding carboxylic acids is 2. The molecule has 0 spiro atoms. The molecule has 2 amide bonds. The number of amides is 2. The van der Waals surface area contributed by atoms with Crippen LogP contribution >= 0.6 is 11.6 Å². The van der Waals surface area contributed by atoms with Crippen LogP contribution in [0.5, 0.6) is 0 Å². The van der Waals surface area contributed by atoms with E-state index in [0.29, 0.717) is 36.8 Å². The normalized spacial score (nSPS) is 21.5. The zero-order valence-electron chi connectivity index (χ0n) is 24.5. The van der Waals surface area contributed by atoms with Gasteiger partial charge in [-0.15, -0.1) is 0 Å². The first-order valence-corrected chi connectivity index (χ1v) is 14.7. The Labute approximate surface area is 242 Å². The average molecular weight is 574 g/mol. The van der Waals surface area contributed by atoms with Crippen LogP contribution in [0.4, 0.5) is 8.78 Å². The number of hydrogen-bond donors (Lipinski definition) is 1. The number of piperidine rings is 1. The van der Waals surface area contributed by atoms with E-state index in [9.17, 15) is 18.4 Å². The Hall–Kier alpha value is -2.51. The number of hydrogen-bond acceptors (Lipinski definition) is 3. The van der Waals surface area contributed by atoms with E-state index in [1.807, 2.05) is 17.9 Å². The van der Waals surface area contributed by atoms with Gasteiger partial charge in [0.25, 0.3) is 0 Å². The van der Waals surface area contributed by atoms with Crippen molar-refractivity contribution in [1.29, 1.82) is 0 Å². The van der Waals surface area contributed by atoms with Crippen LogP contribution in [-0.2, 0) is 9.59 Å². The number of benzene rings is 2. The van der Waals surface area contributed by atoms with Gasteiger partial charge in [0, 0.05) is 55.6 Å². The molecule has 0 aromatic heterocycles. The summed E-state index contributed by atoms with van der Waals surface area (Å²) in [5.41, 5.74) is 3.42. The van der Waals surface area contributed by atoms with Crippen molar-refractivity contribution in [3.8, 4) is 0 Å². The fourth-order valence-electron chi connectivity index (χ4n) is 6.38. The third-order valence-electron chi connectivity index (χ3n) is 8.72. The predicted molar refractivity (Wildman–Crippen MR) is 156 cm³/mol. The Bertz CT molecular complexity index is 1250. The summed E-state index contributed by atoms with van der Waals surface area (Å²) in [5, 5.41) is 3.78. The van der Waals surface area contributed by atoms with Crippen LogP contribution in [-0.4, -0.2) is 53.3 Å². The van der Waals surface area contributed by atoms with E-state index in [1.54, 1.807) is 0 Å².